The van der Waals surface area contributed by atoms with Crippen molar-refractivity contribution in [2.24, 2.45) is 4.99 Å². The molecule has 1 unspecified atom stereocenters. The quantitative estimate of drug-likeness (QED) is 0.349. The molecule has 0 aliphatic rings. The highest BCUT2D eigenvalue weighted by molar-refractivity contribution is 5.84. The first-order valence-corrected chi connectivity index (χ1v) is 10.0. The zero-order chi connectivity index (χ0) is 20.6. The van der Waals surface area contributed by atoms with Gasteiger partial charge in [0, 0.05) is 30.2 Å². The first-order chi connectivity index (χ1) is 14.1. The van der Waals surface area contributed by atoms with E-state index in [9.17, 15) is 5.11 Å². The van der Waals surface area contributed by atoms with Gasteiger partial charge in [0.2, 0.25) is 0 Å². The van der Waals surface area contributed by atoms with Gasteiger partial charge in [-0.3, -0.25) is 4.99 Å². The summed E-state index contributed by atoms with van der Waals surface area (Å²) >= 11 is 0. The summed E-state index contributed by atoms with van der Waals surface area (Å²) in [4.78, 5) is 7.87. The van der Waals surface area contributed by atoms with E-state index in [0.29, 0.717) is 5.96 Å². The first-order valence-electron chi connectivity index (χ1n) is 10.0. The molecule has 0 saturated carbocycles. The van der Waals surface area contributed by atoms with Crippen LogP contribution in [0.5, 0.6) is 5.75 Å². The van der Waals surface area contributed by atoms with Crippen molar-refractivity contribution in [1.82, 2.24) is 15.6 Å². The number of ether oxygens (including phenoxy) is 1. The maximum absolute atomic E-state index is 10.4. The average molecular weight is 395 g/mol. The van der Waals surface area contributed by atoms with Gasteiger partial charge in [-0.25, -0.2) is 0 Å². The number of nitrogens with one attached hydrogen (secondary N) is 3. The van der Waals surface area contributed by atoms with Gasteiger partial charge in [0.15, 0.2) is 5.96 Å². The zero-order valence-electron chi connectivity index (χ0n) is 17.3. The van der Waals surface area contributed by atoms with Crippen LogP contribution in [-0.2, 0) is 6.42 Å². The Labute approximate surface area is 172 Å². The molecule has 0 aliphatic carbocycles. The number of methoxy groups -OCH3 is 1. The number of guanidine groups is 1. The maximum atomic E-state index is 10.4. The van der Waals surface area contributed by atoms with E-state index in [2.05, 4.69) is 51.9 Å². The van der Waals surface area contributed by atoms with Crippen molar-refractivity contribution < 1.29 is 9.84 Å². The molecule has 1 heterocycles. The smallest absolute Gasteiger partial charge is 0.191 e. The Morgan fingerprint density at radius 3 is 2.69 bits per heavy atom. The largest absolute Gasteiger partial charge is 0.497 e. The van der Waals surface area contributed by atoms with Gasteiger partial charge < -0.3 is 25.5 Å². The molecule has 1 atom stereocenters. The van der Waals surface area contributed by atoms with Gasteiger partial charge in [0.1, 0.15) is 5.75 Å². The molecule has 3 aromatic rings. The van der Waals surface area contributed by atoms with Gasteiger partial charge >= 0.3 is 0 Å². The summed E-state index contributed by atoms with van der Waals surface area (Å²) in [7, 11) is 1.63. The number of H-pyrrole nitrogens is 1. The first kappa shape index (κ1) is 20.7. The average Bonchev–Trinajstić information content (AvgIpc) is 3.13. The molecule has 4 N–H and O–H groups in total. The lowest BCUT2D eigenvalue weighted by atomic mass is 10.1. The highest BCUT2D eigenvalue weighted by Crippen LogP contribution is 2.20. The number of fused-ring (bicyclic) bond motifs is 1. The fraction of sp³-hybridized carbons (Fsp3) is 0.348. The minimum absolute atomic E-state index is 0.286. The predicted molar refractivity (Wildman–Crippen MR) is 119 cm³/mol. The van der Waals surface area contributed by atoms with Crippen LogP contribution >= 0.6 is 0 Å². The van der Waals surface area contributed by atoms with E-state index in [0.717, 1.165) is 30.8 Å². The molecule has 6 heteroatoms. The lowest BCUT2D eigenvalue weighted by Gasteiger charge is -2.13. The van der Waals surface area contributed by atoms with E-state index in [1.807, 2.05) is 31.2 Å². The number of aliphatic hydroxyl groups excluding tert-OH is 1. The molecule has 0 radical (unpaired) electrons. The van der Waals surface area contributed by atoms with Crippen LogP contribution in [0.15, 0.2) is 53.7 Å². The summed E-state index contributed by atoms with van der Waals surface area (Å²) in [6.07, 6.45) is 2.30. The molecule has 0 saturated heterocycles. The lowest BCUT2D eigenvalue weighted by molar-refractivity contribution is 0.187. The molecular formula is C23H30N4O2. The third-order valence-electron chi connectivity index (χ3n) is 4.88. The van der Waals surface area contributed by atoms with Crippen LogP contribution in [0.25, 0.3) is 10.9 Å². The van der Waals surface area contributed by atoms with Gasteiger partial charge in [-0.1, -0.05) is 24.3 Å². The Bertz CT molecular complexity index is 947. The molecule has 0 fully saturated rings. The Morgan fingerprint density at radius 1 is 1.17 bits per heavy atom. The van der Waals surface area contributed by atoms with Crippen molar-refractivity contribution in [1.29, 1.82) is 0 Å². The molecule has 0 amide bonds. The van der Waals surface area contributed by atoms with Crippen LogP contribution in [0, 0.1) is 6.92 Å². The van der Waals surface area contributed by atoms with E-state index in [1.54, 1.807) is 7.11 Å². The van der Waals surface area contributed by atoms with Crippen LogP contribution in [0.3, 0.4) is 0 Å². The van der Waals surface area contributed by atoms with E-state index >= 15 is 0 Å². The molecule has 3 rings (SSSR count). The third-order valence-corrected chi connectivity index (χ3v) is 4.88. The summed E-state index contributed by atoms with van der Waals surface area (Å²) in [5, 5.41) is 18.3. The Kier molecular flexibility index (Phi) is 7.14. The topological polar surface area (TPSA) is 81.7 Å². The van der Waals surface area contributed by atoms with E-state index in [1.165, 1.54) is 22.0 Å². The second-order valence-electron chi connectivity index (χ2n) is 7.05. The SMILES string of the molecule is CCNC(=NCC(O)c1ccc(OC)cc1)NCCc1c[nH]c2cc(C)ccc12. The molecule has 154 valence electrons. The Balaban J connectivity index is 1.57. The number of benzene rings is 2. The molecule has 0 bridgehead atoms. The van der Waals surface area contributed by atoms with Crippen molar-refractivity contribution in [3.8, 4) is 5.75 Å². The number of hydrogen-bond donors (Lipinski definition) is 4. The predicted octanol–water partition coefficient (Wildman–Crippen LogP) is 3.32. The molecular weight excluding hydrogens is 364 g/mol. The minimum Gasteiger partial charge on any atom is -0.497 e. The van der Waals surface area contributed by atoms with E-state index in [4.69, 9.17) is 4.74 Å². The summed E-state index contributed by atoms with van der Waals surface area (Å²) in [6, 6.07) is 13.9. The number of nitrogens with zero attached hydrogens (tertiary/aromatic N) is 1. The second kappa shape index (κ2) is 9.98. The fourth-order valence-corrected chi connectivity index (χ4v) is 3.27. The number of aromatic nitrogens is 1. The highest BCUT2D eigenvalue weighted by atomic mass is 16.5. The summed E-state index contributed by atoms with van der Waals surface area (Å²) < 4.78 is 5.16. The summed E-state index contributed by atoms with van der Waals surface area (Å²) in [5.74, 6) is 1.47. The van der Waals surface area contributed by atoms with Crippen LogP contribution in [-0.4, -0.2) is 42.8 Å². The molecule has 29 heavy (non-hydrogen) atoms. The van der Waals surface area contributed by atoms with Gasteiger partial charge in [-0.05, 0) is 55.2 Å². The van der Waals surface area contributed by atoms with Crippen molar-refractivity contribution in [2.75, 3.05) is 26.7 Å². The van der Waals surface area contributed by atoms with E-state index < -0.39 is 6.10 Å². The van der Waals surface area contributed by atoms with Crippen LogP contribution in [0.2, 0.25) is 0 Å². The number of aromatic amines is 1. The van der Waals surface area contributed by atoms with Crippen LogP contribution in [0.1, 0.15) is 29.7 Å². The minimum atomic E-state index is -0.659. The molecule has 1 aromatic heterocycles. The summed E-state index contributed by atoms with van der Waals surface area (Å²) in [6.45, 7) is 5.93. The molecule has 2 aromatic carbocycles. The second-order valence-corrected chi connectivity index (χ2v) is 7.05. The standard InChI is InChI=1S/C23H30N4O2/c1-4-24-23(27-15-22(28)17-6-8-19(29-3)9-7-17)25-12-11-18-14-26-21-13-16(2)5-10-20(18)21/h5-10,13-14,22,26,28H,4,11-12,15H2,1-3H3,(H2,24,25,27). The molecule has 0 spiro atoms. The van der Waals surface area contributed by atoms with Crippen molar-refractivity contribution in [3.05, 3.63) is 65.4 Å². The molecule has 0 aliphatic heterocycles. The van der Waals surface area contributed by atoms with Crippen LogP contribution in [0.4, 0.5) is 0 Å². The summed E-state index contributed by atoms with van der Waals surface area (Å²) in [5.41, 5.74) is 4.52. The van der Waals surface area contributed by atoms with Crippen LogP contribution < -0.4 is 15.4 Å². The van der Waals surface area contributed by atoms with Crippen molar-refractivity contribution >= 4 is 16.9 Å². The van der Waals surface area contributed by atoms with Gasteiger partial charge in [0.05, 0.1) is 19.8 Å². The molecule has 6 nitrogen and oxygen atoms in total. The van der Waals surface area contributed by atoms with Gasteiger partial charge in [-0.15, -0.1) is 0 Å². The van der Waals surface area contributed by atoms with E-state index in [-0.39, 0.29) is 6.54 Å². The lowest BCUT2D eigenvalue weighted by Crippen LogP contribution is -2.38. The van der Waals surface area contributed by atoms with Crippen molar-refractivity contribution in [2.45, 2.75) is 26.4 Å². The Hall–Kier alpha value is -2.99. The Morgan fingerprint density at radius 2 is 1.97 bits per heavy atom. The number of aliphatic hydroxyl groups is 1. The zero-order valence-corrected chi connectivity index (χ0v) is 17.3. The number of aliphatic imine (C=N–C) groups is 1. The normalized spacial score (nSPS) is 12.8. The van der Waals surface area contributed by atoms with Gasteiger partial charge in [-0.2, -0.15) is 0 Å². The monoisotopic (exact) mass is 394 g/mol. The number of aryl methyl sites for hydroxylation is 1. The third kappa shape index (κ3) is 5.51. The van der Waals surface area contributed by atoms with Gasteiger partial charge in [0.25, 0.3) is 0 Å². The maximum Gasteiger partial charge on any atom is 0.191 e. The number of hydrogen-bond acceptors (Lipinski definition) is 3. The number of rotatable bonds is 8. The highest BCUT2D eigenvalue weighted by Gasteiger charge is 2.08. The fourth-order valence-electron chi connectivity index (χ4n) is 3.27. The van der Waals surface area contributed by atoms with Crippen molar-refractivity contribution in [3.63, 3.8) is 0 Å².